The van der Waals surface area contributed by atoms with Crippen LogP contribution >= 0.6 is 0 Å². The molecule has 2 aromatic carbocycles. The number of hydrogen-bond donors (Lipinski definition) is 2. The van der Waals surface area contributed by atoms with E-state index in [-0.39, 0.29) is 24.5 Å². The Morgan fingerprint density at radius 1 is 1.06 bits per heavy atom. The van der Waals surface area contributed by atoms with Gasteiger partial charge in [0.2, 0.25) is 0 Å². The zero-order valence-electron chi connectivity index (χ0n) is 19.6. The summed E-state index contributed by atoms with van der Waals surface area (Å²) in [7, 11) is 2.10. The number of unbranched alkanes of at least 4 members (excludes halogenated alkanes) is 1. The predicted octanol–water partition coefficient (Wildman–Crippen LogP) is 4.70. The number of aliphatic carboxylic acids is 1. The number of nitrogens with zero attached hydrogens (tertiary/aromatic N) is 1. The van der Waals surface area contributed by atoms with E-state index in [2.05, 4.69) is 60.5 Å². The lowest BCUT2D eigenvalue weighted by Crippen LogP contribution is -2.44. The van der Waals surface area contributed by atoms with E-state index in [1.807, 2.05) is 24.3 Å². The normalized spacial score (nSPS) is 22.9. The maximum Gasteiger partial charge on any atom is 0.303 e. The van der Waals surface area contributed by atoms with Crippen LogP contribution in [0.15, 0.2) is 72.8 Å². The minimum absolute atomic E-state index is 0.0203. The first-order valence-corrected chi connectivity index (χ1v) is 12.0. The van der Waals surface area contributed by atoms with E-state index in [4.69, 9.17) is 9.84 Å². The van der Waals surface area contributed by atoms with Gasteiger partial charge in [0.25, 0.3) is 0 Å². The highest BCUT2D eigenvalue weighted by atomic mass is 16.5. The second-order valence-electron chi connectivity index (χ2n) is 9.00. The van der Waals surface area contributed by atoms with Gasteiger partial charge in [0.15, 0.2) is 0 Å². The molecule has 0 amide bonds. The lowest BCUT2D eigenvalue weighted by molar-refractivity contribution is -0.137. The van der Waals surface area contributed by atoms with Gasteiger partial charge in [-0.25, -0.2) is 0 Å². The van der Waals surface area contributed by atoms with Gasteiger partial charge in [0.05, 0.1) is 18.8 Å². The summed E-state index contributed by atoms with van der Waals surface area (Å²) in [5, 5.41) is 19.8. The van der Waals surface area contributed by atoms with Crippen LogP contribution in [-0.2, 0) is 22.6 Å². The average Bonchev–Trinajstić information content (AvgIpc) is 3.14. The highest BCUT2D eigenvalue weighted by Crippen LogP contribution is 2.36. The van der Waals surface area contributed by atoms with Crippen LogP contribution < -0.4 is 0 Å². The van der Waals surface area contributed by atoms with Crippen molar-refractivity contribution in [3.8, 4) is 0 Å². The largest absolute Gasteiger partial charge is 0.481 e. The van der Waals surface area contributed by atoms with Gasteiger partial charge in [-0.3, -0.25) is 4.79 Å². The molecule has 0 aliphatic heterocycles. The number of rotatable bonds is 13. The van der Waals surface area contributed by atoms with E-state index in [1.54, 1.807) is 0 Å². The molecule has 1 aliphatic rings. The third kappa shape index (κ3) is 8.11. The fraction of sp³-hybridized carbons (Fsp3) is 0.464. The third-order valence-electron chi connectivity index (χ3n) is 6.53. The van der Waals surface area contributed by atoms with E-state index in [9.17, 15) is 9.90 Å². The van der Waals surface area contributed by atoms with E-state index >= 15 is 0 Å². The molecule has 1 fully saturated rings. The molecule has 0 radical (unpaired) electrons. The molecule has 2 N–H and O–H groups in total. The first-order valence-electron chi connectivity index (χ1n) is 12.0. The highest BCUT2D eigenvalue weighted by Gasteiger charge is 2.44. The van der Waals surface area contributed by atoms with Gasteiger partial charge in [-0.05, 0) is 43.9 Å². The van der Waals surface area contributed by atoms with Crippen molar-refractivity contribution in [2.45, 2.75) is 63.4 Å². The van der Waals surface area contributed by atoms with Crippen LogP contribution in [0.3, 0.4) is 0 Å². The number of hydrogen-bond acceptors (Lipinski definition) is 4. The highest BCUT2D eigenvalue weighted by molar-refractivity contribution is 5.66. The average molecular weight is 452 g/mol. The number of aliphatic hydroxyl groups is 1. The van der Waals surface area contributed by atoms with Crippen molar-refractivity contribution in [2.75, 3.05) is 13.6 Å². The molecule has 5 nitrogen and oxygen atoms in total. The Morgan fingerprint density at radius 3 is 2.39 bits per heavy atom. The van der Waals surface area contributed by atoms with E-state index < -0.39 is 12.1 Å². The minimum Gasteiger partial charge on any atom is -0.481 e. The molecule has 0 spiro atoms. The quantitative estimate of drug-likeness (QED) is 0.341. The second kappa shape index (κ2) is 13.3. The second-order valence-corrected chi connectivity index (χ2v) is 9.00. The number of carbonyl (C=O) groups is 1. The molecule has 3 rings (SSSR count). The Morgan fingerprint density at radius 2 is 1.73 bits per heavy atom. The Hall–Kier alpha value is -2.47. The van der Waals surface area contributed by atoms with E-state index in [0.717, 1.165) is 31.4 Å². The summed E-state index contributed by atoms with van der Waals surface area (Å²) < 4.78 is 6.33. The number of likely N-dealkylation sites (N-methyl/N-ethyl adjacent to an activating group) is 1. The Bertz CT molecular complexity index is 855. The molecule has 0 bridgehead atoms. The zero-order valence-corrected chi connectivity index (χ0v) is 19.6. The first kappa shape index (κ1) is 25.2. The Kier molecular flexibility index (Phi) is 10.1. The number of aliphatic hydroxyl groups excluding tert-OH is 1. The number of ether oxygens (including phenoxy) is 1. The smallest absolute Gasteiger partial charge is 0.303 e. The molecule has 0 unspecified atom stereocenters. The van der Waals surface area contributed by atoms with Crippen molar-refractivity contribution in [2.24, 2.45) is 5.92 Å². The monoisotopic (exact) mass is 451 g/mol. The molecule has 1 saturated carbocycles. The van der Waals surface area contributed by atoms with Crippen LogP contribution in [0.25, 0.3) is 0 Å². The van der Waals surface area contributed by atoms with Crippen LogP contribution in [0.2, 0.25) is 0 Å². The summed E-state index contributed by atoms with van der Waals surface area (Å²) in [5.74, 6) is -0.572. The van der Waals surface area contributed by atoms with E-state index in [1.165, 1.54) is 5.56 Å². The topological polar surface area (TPSA) is 70.0 Å². The van der Waals surface area contributed by atoms with Crippen LogP contribution in [0.4, 0.5) is 0 Å². The molecule has 1 aliphatic carbocycles. The van der Waals surface area contributed by atoms with Crippen LogP contribution in [0.5, 0.6) is 0 Å². The number of benzene rings is 2. The van der Waals surface area contributed by atoms with Crippen molar-refractivity contribution in [3.63, 3.8) is 0 Å². The minimum atomic E-state index is -0.753. The summed E-state index contributed by atoms with van der Waals surface area (Å²) in [6, 6.07) is 20.6. The first-order chi connectivity index (χ1) is 16.0. The lowest BCUT2D eigenvalue weighted by Gasteiger charge is -2.33. The molecular weight excluding hydrogens is 414 g/mol. The summed E-state index contributed by atoms with van der Waals surface area (Å²) in [6.07, 6.45) is 7.73. The third-order valence-corrected chi connectivity index (χ3v) is 6.53. The van der Waals surface area contributed by atoms with Crippen LogP contribution in [-0.4, -0.2) is 52.9 Å². The molecule has 0 heterocycles. The molecule has 5 heteroatoms. The predicted molar refractivity (Wildman–Crippen MR) is 131 cm³/mol. The summed E-state index contributed by atoms with van der Waals surface area (Å²) in [6.45, 7) is 1.41. The molecule has 0 aromatic heterocycles. The molecule has 2 aromatic rings. The van der Waals surface area contributed by atoms with Gasteiger partial charge in [0.1, 0.15) is 0 Å². The fourth-order valence-electron chi connectivity index (χ4n) is 4.78. The number of carboxylic acids is 1. The van der Waals surface area contributed by atoms with Crippen LogP contribution in [0.1, 0.15) is 43.2 Å². The standard InChI is InChI=1S/C28H37NO4/c1-29(19-18-22-12-6-4-7-13-22)28-24(16-10-2-3-11-17-27(31)32)26(20-25(28)30)33-21-23-14-8-5-9-15-23/h2,4-10,12-15,24-26,28,30H,3,11,16-21H2,1H3,(H,31,32)/b10-2-/t24-,25+,26-,28+/m0/s1. The SMILES string of the molecule is CN(CCc1ccccc1)[C@@H]1[C@@H](C/C=C\CCCC(=O)O)[C@@H](OCc2ccccc2)C[C@H]1O. The van der Waals surface area contributed by atoms with Crippen molar-refractivity contribution in [3.05, 3.63) is 83.9 Å². The van der Waals surface area contributed by atoms with Crippen molar-refractivity contribution < 1.29 is 19.7 Å². The van der Waals surface area contributed by atoms with Crippen molar-refractivity contribution in [1.82, 2.24) is 4.90 Å². The lowest BCUT2D eigenvalue weighted by atomic mass is 9.95. The van der Waals surface area contributed by atoms with Crippen LogP contribution in [0, 0.1) is 5.92 Å². The maximum atomic E-state index is 11.0. The number of carboxylic acid groups (broad SMARTS) is 1. The van der Waals surface area contributed by atoms with Gasteiger partial charge >= 0.3 is 5.97 Å². The van der Waals surface area contributed by atoms with Crippen molar-refractivity contribution >= 4 is 5.97 Å². The molecule has 178 valence electrons. The Balaban J connectivity index is 1.62. The molecule has 4 atom stereocenters. The Labute approximate surface area is 197 Å². The zero-order chi connectivity index (χ0) is 23.5. The molecule has 0 saturated heterocycles. The maximum absolute atomic E-state index is 11.0. The van der Waals surface area contributed by atoms with Crippen molar-refractivity contribution in [1.29, 1.82) is 0 Å². The summed E-state index contributed by atoms with van der Waals surface area (Å²) in [4.78, 5) is 13.0. The molecular formula is C28H37NO4. The number of allylic oxidation sites excluding steroid dienone is 2. The van der Waals surface area contributed by atoms with Gasteiger partial charge in [0, 0.05) is 31.3 Å². The fourth-order valence-corrected chi connectivity index (χ4v) is 4.78. The van der Waals surface area contributed by atoms with Gasteiger partial charge < -0.3 is 19.8 Å². The molecule has 33 heavy (non-hydrogen) atoms. The summed E-state index contributed by atoms with van der Waals surface area (Å²) in [5.41, 5.74) is 2.43. The van der Waals surface area contributed by atoms with E-state index in [0.29, 0.717) is 19.4 Å². The van der Waals surface area contributed by atoms with Gasteiger partial charge in [-0.2, -0.15) is 0 Å². The van der Waals surface area contributed by atoms with Gasteiger partial charge in [-0.1, -0.05) is 72.8 Å². The van der Waals surface area contributed by atoms with Gasteiger partial charge in [-0.15, -0.1) is 0 Å². The summed E-state index contributed by atoms with van der Waals surface area (Å²) >= 11 is 0.